The van der Waals surface area contributed by atoms with E-state index in [4.69, 9.17) is 4.84 Å². The molecule has 0 spiro atoms. The van der Waals surface area contributed by atoms with Gasteiger partial charge in [-0.15, -0.1) is 0 Å². The van der Waals surface area contributed by atoms with Crippen molar-refractivity contribution in [2.75, 3.05) is 6.54 Å². The molecule has 2 N–H and O–H groups in total. The molecule has 1 aromatic carbocycles. The van der Waals surface area contributed by atoms with Crippen LogP contribution >= 0.6 is 0 Å². The van der Waals surface area contributed by atoms with Crippen LogP contribution < -0.4 is 5.32 Å². The van der Waals surface area contributed by atoms with Gasteiger partial charge in [0.2, 0.25) is 5.91 Å². The molecule has 1 heterocycles. The molecule has 0 aliphatic carbocycles. The van der Waals surface area contributed by atoms with Crippen molar-refractivity contribution in [1.29, 1.82) is 0 Å². The first-order valence-corrected chi connectivity index (χ1v) is 8.44. The van der Waals surface area contributed by atoms with Crippen LogP contribution in [-0.2, 0) is 21.0 Å². The Morgan fingerprint density at radius 1 is 1.33 bits per heavy atom. The van der Waals surface area contributed by atoms with Crippen molar-refractivity contribution in [3.05, 3.63) is 35.9 Å². The summed E-state index contributed by atoms with van der Waals surface area (Å²) in [7, 11) is 0. The molecule has 1 aliphatic rings. The first-order valence-electron chi connectivity index (χ1n) is 8.44. The third-order valence-corrected chi connectivity index (χ3v) is 4.07. The summed E-state index contributed by atoms with van der Waals surface area (Å²) in [4.78, 5) is 29.6. The van der Waals surface area contributed by atoms with E-state index in [1.165, 1.54) is 0 Å². The zero-order valence-corrected chi connectivity index (χ0v) is 14.3. The van der Waals surface area contributed by atoms with E-state index in [1.807, 2.05) is 44.2 Å². The van der Waals surface area contributed by atoms with Gasteiger partial charge in [-0.3, -0.25) is 9.63 Å². The van der Waals surface area contributed by atoms with Crippen LogP contribution in [0.15, 0.2) is 30.3 Å². The first kappa shape index (κ1) is 18.4. The maximum atomic E-state index is 12.5. The minimum atomic E-state index is -0.994. The highest BCUT2D eigenvalue weighted by molar-refractivity contribution is 5.87. The number of hydrogen-bond donors (Lipinski definition) is 2. The van der Waals surface area contributed by atoms with Crippen LogP contribution in [0, 0.1) is 5.92 Å². The number of carboxylic acids is 1. The number of hydrogen-bond acceptors (Lipinski definition) is 4. The van der Waals surface area contributed by atoms with Gasteiger partial charge >= 0.3 is 5.97 Å². The van der Waals surface area contributed by atoms with E-state index in [0.717, 1.165) is 12.0 Å². The molecule has 2 atom stereocenters. The fourth-order valence-electron chi connectivity index (χ4n) is 2.85. The lowest BCUT2D eigenvalue weighted by atomic mass is 10.0. The van der Waals surface area contributed by atoms with Gasteiger partial charge in [-0.2, -0.15) is 5.06 Å². The minimum absolute atomic E-state index is 0.195. The number of carboxylic acid groups (broad SMARTS) is 1. The van der Waals surface area contributed by atoms with Crippen LogP contribution in [0.25, 0.3) is 0 Å². The van der Waals surface area contributed by atoms with E-state index in [0.29, 0.717) is 26.0 Å². The molecule has 0 saturated carbocycles. The standard InChI is InChI=1S/C18H26N2O4/c1-13(2)11-15(18(22)23)19-17(21)16-9-6-10-20(16)24-12-14-7-4-3-5-8-14/h3-5,7-8,13,15-16H,6,9-12H2,1-2H3,(H,19,21)(H,22,23)/t15-,16-/m0/s1. The normalized spacial score (nSPS) is 19.4. The second-order valence-corrected chi connectivity index (χ2v) is 6.59. The molecule has 0 bridgehead atoms. The van der Waals surface area contributed by atoms with Crippen LogP contribution in [0.1, 0.15) is 38.7 Å². The third-order valence-electron chi connectivity index (χ3n) is 4.07. The van der Waals surface area contributed by atoms with Gasteiger partial charge in [-0.1, -0.05) is 44.2 Å². The highest BCUT2D eigenvalue weighted by Crippen LogP contribution is 2.19. The highest BCUT2D eigenvalue weighted by atomic mass is 16.7. The minimum Gasteiger partial charge on any atom is -0.480 e. The Bertz CT molecular complexity index is 547. The average molecular weight is 334 g/mol. The van der Waals surface area contributed by atoms with Gasteiger partial charge in [0.25, 0.3) is 0 Å². The zero-order chi connectivity index (χ0) is 17.5. The summed E-state index contributed by atoms with van der Waals surface area (Å²) in [6, 6.07) is 8.47. The lowest BCUT2D eigenvalue weighted by Crippen LogP contribution is -2.49. The van der Waals surface area contributed by atoms with Crippen molar-refractivity contribution >= 4 is 11.9 Å². The molecule has 132 valence electrons. The largest absolute Gasteiger partial charge is 0.480 e. The van der Waals surface area contributed by atoms with Gasteiger partial charge in [-0.05, 0) is 30.7 Å². The topological polar surface area (TPSA) is 78.9 Å². The smallest absolute Gasteiger partial charge is 0.326 e. The highest BCUT2D eigenvalue weighted by Gasteiger charge is 2.34. The summed E-state index contributed by atoms with van der Waals surface area (Å²) in [6.07, 6.45) is 1.95. The number of amides is 1. The van der Waals surface area contributed by atoms with E-state index in [1.54, 1.807) is 5.06 Å². The van der Waals surface area contributed by atoms with Gasteiger partial charge in [-0.25, -0.2) is 4.79 Å². The van der Waals surface area contributed by atoms with Crippen LogP contribution in [0.3, 0.4) is 0 Å². The number of carbonyl (C=O) groups is 2. The Morgan fingerprint density at radius 2 is 2.04 bits per heavy atom. The third kappa shape index (κ3) is 5.32. The molecule has 0 unspecified atom stereocenters. The summed E-state index contributed by atoms with van der Waals surface area (Å²) in [5, 5.41) is 13.6. The second-order valence-electron chi connectivity index (χ2n) is 6.59. The first-order chi connectivity index (χ1) is 11.5. The summed E-state index contributed by atoms with van der Waals surface area (Å²) in [5.74, 6) is -1.07. The zero-order valence-electron chi connectivity index (χ0n) is 14.3. The van der Waals surface area contributed by atoms with E-state index in [2.05, 4.69) is 5.32 Å². The Balaban J connectivity index is 1.91. The molecule has 6 heteroatoms. The monoisotopic (exact) mass is 334 g/mol. The number of nitrogens with zero attached hydrogens (tertiary/aromatic N) is 1. The van der Waals surface area contributed by atoms with Gasteiger partial charge in [0.15, 0.2) is 0 Å². The van der Waals surface area contributed by atoms with Crippen molar-refractivity contribution in [3.8, 4) is 0 Å². The van der Waals surface area contributed by atoms with Crippen molar-refractivity contribution in [1.82, 2.24) is 10.4 Å². The van der Waals surface area contributed by atoms with E-state index in [-0.39, 0.29) is 11.8 Å². The van der Waals surface area contributed by atoms with Gasteiger partial charge in [0.05, 0.1) is 6.61 Å². The van der Waals surface area contributed by atoms with Crippen LogP contribution in [-0.4, -0.2) is 40.7 Å². The SMILES string of the molecule is CC(C)C[C@H](NC(=O)[C@@H]1CCCN1OCc1ccccc1)C(=O)O. The lowest BCUT2D eigenvalue weighted by Gasteiger charge is -2.25. The Hall–Kier alpha value is -1.92. The predicted molar refractivity (Wildman–Crippen MR) is 90.0 cm³/mol. The van der Waals surface area contributed by atoms with E-state index >= 15 is 0 Å². The van der Waals surface area contributed by atoms with Gasteiger partial charge in [0, 0.05) is 6.54 Å². The Labute approximate surface area is 142 Å². The van der Waals surface area contributed by atoms with Crippen molar-refractivity contribution in [3.63, 3.8) is 0 Å². The number of rotatable bonds is 8. The number of benzene rings is 1. The maximum Gasteiger partial charge on any atom is 0.326 e. The van der Waals surface area contributed by atoms with Crippen LogP contribution in [0.4, 0.5) is 0 Å². The van der Waals surface area contributed by atoms with Gasteiger partial charge < -0.3 is 10.4 Å². The van der Waals surface area contributed by atoms with Crippen LogP contribution in [0.2, 0.25) is 0 Å². The Morgan fingerprint density at radius 3 is 2.67 bits per heavy atom. The lowest BCUT2D eigenvalue weighted by molar-refractivity contribution is -0.185. The fourth-order valence-corrected chi connectivity index (χ4v) is 2.85. The maximum absolute atomic E-state index is 12.5. The summed E-state index contributed by atoms with van der Waals surface area (Å²) >= 11 is 0. The molecular formula is C18H26N2O4. The van der Waals surface area contributed by atoms with Crippen molar-refractivity contribution in [2.45, 2.75) is 51.8 Å². The van der Waals surface area contributed by atoms with E-state index < -0.39 is 18.1 Å². The van der Waals surface area contributed by atoms with E-state index in [9.17, 15) is 14.7 Å². The molecule has 6 nitrogen and oxygen atoms in total. The second kappa shape index (κ2) is 8.80. The fraction of sp³-hybridized carbons (Fsp3) is 0.556. The molecule has 1 saturated heterocycles. The quantitative estimate of drug-likeness (QED) is 0.762. The number of hydroxylamine groups is 2. The van der Waals surface area contributed by atoms with Crippen molar-refractivity contribution in [2.24, 2.45) is 5.92 Å². The molecule has 1 aliphatic heterocycles. The average Bonchev–Trinajstić information content (AvgIpc) is 3.01. The van der Waals surface area contributed by atoms with Gasteiger partial charge in [0.1, 0.15) is 12.1 Å². The van der Waals surface area contributed by atoms with Crippen LogP contribution in [0.5, 0.6) is 0 Å². The molecule has 2 rings (SSSR count). The summed E-state index contributed by atoms with van der Waals surface area (Å²) in [6.45, 7) is 4.95. The number of carbonyl (C=O) groups excluding carboxylic acids is 1. The summed E-state index contributed by atoms with van der Waals surface area (Å²) in [5.41, 5.74) is 1.03. The number of nitrogens with one attached hydrogen (secondary N) is 1. The molecule has 1 amide bonds. The summed E-state index contributed by atoms with van der Waals surface area (Å²) < 4.78 is 0. The molecule has 1 aromatic rings. The van der Waals surface area contributed by atoms with Crippen molar-refractivity contribution < 1.29 is 19.5 Å². The molecule has 24 heavy (non-hydrogen) atoms. The molecule has 0 radical (unpaired) electrons. The number of aliphatic carboxylic acids is 1. The molecular weight excluding hydrogens is 308 g/mol. The predicted octanol–water partition coefficient (Wildman–Crippen LogP) is 2.20. The molecule has 0 aromatic heterocycles. The Kier molecular flexibility index (Phi) is 6.75. The molecule has 1 fully saturated rings.